The van der Waals surface area contributed by atoms with E-state index in [1.807, 2.05) is 0 Å². The first-order chi connectivity index (χ1) is 6.80. The van der Waals surface area contributed by atoms with Gasteiger partial charge in [-0.3, -0.25) is 14.1 Å². The van der Waals surface area contributed by atoms with Gasteiger partial charge in [0.2, 0.25) is 0 Å². The smallest absolute Gasteiger partial charge is 0.317 e. The van der Waals surface area contributed by atoms with Crippen molar-refractivity contribution >= 4 is 22.1 Å². The lowest BCUT2D eigenvalue weighted by atomic mass is 10.0. The van der Waals surface area contributed by atoms with Crippen LogP contribution in [0.4, 0.5) is 0 Å². The SMILES string of the molecule is CC(CCC1CC(=O)OC1=O)S(=O)(=O)O. The molecule has 0 aromatic carbocycles. The molecule has 86 valence electrons. The molecule has 1 aliphatic heterocycles. The summed E-state index contributed by atoms with van der Waals surface area (Å²) in [6, 6.07) is 0. The number of hydrogen-bond donors (Lipinski definition) is 1. The van der Waals surface area contributed by atoms with Crippen molar-refractivity contribution in [3.05, 3.63) is 0 Å². The molecule has 6 nitrogen and oxygen atoms in total. The first-order valence-corrected chi connectivity index (χ1v) is 6.02. The van der Waals surface area contributed by atoms with Crippen LogP contribution in [0.5, 0.6) is 0 Å². The van der Waals surface area contributed by atoms with Crippen molar-refractivity contribution in [1.82, 2.24) is 0 Å². The Morgan fingerprint density at radius 1 is 1.53 bits per heavy atom. The quantitative estimate of drug-likeness (QED) is 0.423. The highest BCUT2D eigenvalue weighted by atomic mass is 32.2. The fourth-order valence-corrected chi connectivity index (χ4v) is 1.76. The molecule has 2 atom stereocenters. The van der Waals surface area contributed by atoms with E-state index in [-0.39, 0.29) is 19.3 Å². The Bertz CT molecular complexity index is 371. The summed E-state index contributed by atoms with van der Waals surface area (Å²) >= 11 is 0. The largest absolute Gasteiger partial charge is 0.393 e. The van der Waals surface area contributed by atoms with Gasteiger partial charge in [0.15, 0.2) is 0 Å². The third-order valence-electron chi connectivity index (χ3n) is 2.39. The third-order valence-corrected chi connectivity index (χ3v) is 3.64. The molecule has 1 fully saturated rings. The molecule has 0 saturated carbocycles. The molecule has 15 heavy (non-hydrogen) atoms. The lowest BCUT2D eigenvalue weighted by Crippen LogP contribution is -2.19. The fraction of sp³-hybridized carbons (Fsp3) is 0.750. The monoisotopic (exact) mass is 236 g/mol. The summed E-state index contributed by atoms with van der Waals surface area (Å²) < 4.78 is 34.3. The van der Waals surface area contributed by atoms with Gasteiger partial charge in [0.05, 0.1) is 17.6 Å². The average molecular weight is 236 g/mol. The Morgan fingerprint density at radius 2 is 2.13 bits per heavy atom. The zero-order valence-electron chi connectivity index (χ0n) is 8.17. The van der Waals surface area contributed by atoms with Crippen LogP contribution in [0.15, 0.2) is 0 Å². The summed E-state index contributed by atoms with van der Waals surface area (Å²) in [5.74, 6) is -1.76. The second-order valence-electron chi connectivity index (χ2n) is 3.60. The second-order valence-corrected chi connectivity index (χ2v) is 5.43. The molecule has 0 aromatic heterocycles. The van der Waals surface area contributed by atoms with Crippen molar-refractivity contribution < 1.29 is 27.3 Å². The molecule has 1 saturated heterocycles. The van der Waals surface area contributed by atoms with Gasteiger partial charge in [-0.1, -0.05) is 0 Å². The van der Waals surface area contributed by atoms with Crippen molar-refractivity contribution in [3.8, 4) is 0 Å². The van der Waals surface area contributed by atoms with E-state index in [9.17, 15) is 18.0 Å². The van der Waals surface area contributed by atoms with Gasteiger partial charge >= 0.3 is 11.9 Å². The highest BCUT2D eigenvalue weighted by molar-refractivity contribution is 7.86. The molecule has 7 heteroatoms. The molecule has 1 N–H and O–H groups in total. The van der Waals surface area contributed by atoms with Gasteiger partial charge in [-0.15, -0.1) is 0 Å². The lowest BCUT2D eigenvalue weighted by molar-refractivity contribution is -0.153. The molecular weight excluding hydrogens is 224 g/mol. The van der Waals surface area contributed by atoms with Crippen LogP contribution >= 0.6 is 0 Å². The normalized spacial score (nSPS) is 24.0. The average Bonchev–Trinajstić information content (AvgIpc) is 2.39. The van der Waals surface area contributed by atoms with Crippen molar-refractivity contribution in [1.29, 1.82) is 0 Å². The molecule has 0 spiro atoms. The van der Waals surface area contributed by atoms with Gasteiger partial charge in [-0.2, -0.15) is 8.42 Å². The van der Waals surface area contributed by atoms with Crippen LogP contribution in [0.3, 0.4) is 0 Å². The van der Waals surface area contributed by atoms with Crippen molar-refractivity contribution in [3.63, 3.8) is 0 Å². The number of esters is 2. The van der Waals surface area contributed by atoms with Gasteiger partial charge in [0.25, 0.3) is 10.1 Å². The van der Waals surface area contributed by atoms with Crippen LogP contribution in [0, 0.1) is 5.92 Å². The number of carbonyl (C=O) groups excluding carboxylic acids is 2. The topological polar surface area (TPSA) is 97.7 Å². The molecule has 2 unspecified atom stereocenters. The van der Waals surface area contributed by atoms with Crippen molar-refractivity contribution in [2.24, 2.45) is 5.92 Å². The summed E-state index contributed by atoms with van der Waals surface area (Å²) in [7, 11) is -4.06. The maximum Gasteiger partial charge on any atom is 0.317 e. The van der Waals surface area contributed by atoms with E-state index in [4.69, 9.17) is 4.55 Å². The Kier molecular flexibility index (Phi) is 3.46. The van der Waals surface area contributed by atoms with Crippen molar-refractivity contribution in [2.45, 2.75) is 31.4 Å². The van der Waals surface area contributed by atoms with Crippen LogP contribution in [0.1, 0.15) is 26.2 Å². The summed E-state index contributed by atoms with van der Waals surface area (Å²) in [5.41, 5.74) is 0. The molecule has 0 radical (unpaired) electrons. The highest BCUT2D eigenvalue weighted by Crippen LogP contribution is 2.22. The molecule has 1 rings (SSSR count). The Morgan fingerprint density at radius 3 is 2.53 bits per heavy atom. The van der Waals surface area contributed by atoms with Gasteiger partial charge < -0.3 is 4.74 Å². The summed E-state index contributed by atoms with van der Waals surface area (Å²) in [4.78, 5) is 21.7. The van der Waals surface area contributed by atoms with E-state index >= 15 is 0 Å². The second kappa shape index (κ2) is 4.28. The Labute approximate surface area is 87.4 Å². The van der Waals surface area contributed by atoms with Gasteiger partial charge in [0, 0.05) is 0 Å². The van der Waals surface area contributed by atoms with E-state index in [2.05, 4.69) is 4.74 Å². The predicted molar refractivity (Wildman–Crippen MR) is 49.5 cm³/mol. The first-order valence-electron chi connectivity index (χ1n) is 4.51. The van der Waals surface area contributed by atoms with Crippen LogP contribution in [-0.4, -0.2) is 30.2 Å². The van der Waals surface area contributed by atoms with Crippen LogP contribution in [0.2, 0.25) is 0 Å². The van der Waals surface area contributed by atoms with Crippen LogP contribution < -0.4 is 0 Å². The first kappa shape index (κ1) is 12.1. The van der Waals surface area contributed by atoms with Crippen molar-refractivity contribution in [2.75, 3.05) is 0 Å². The molecule has 0 amide bonds. The summed E-state index contributed by atoms with van der Waals surface area (Å²) in [6.45, 7) is 1.34. The minimum absolute atomic E-state index is 0.00295. The number of rotatable bonds is 4. The number of hydrogen-bond acceptors (Lipinski definition) is 5. The summed E-state index contributed by atoms with van der Waals surface area (Å²) in [5, 5.41) is -0.930. The van der Waals surface area contributed by atoms with Gasteiger partial charge in [0.1, 0.15) is 0 Å². The Hall–Kier alpha value is -0.950. The standard InChI is InChI=1S/C8H12O6S/c1-5(15(11,12)13)2-3-6-4-7(9)14-8(6)10/h5-6H,2-4H2,1H3,(H,11,12,13). The third kappa shape index (κ3) is 3.28. The van der Waals surface area contributed by atoms with Crippen LogP contribution in [-0.2, 0) is 24.4 Å². The number of ether oxygens (including phenoxy) is 1. The summed E-state index contributed by atoms with van der Waals surface area (Å²) in [6.07, 6.45) is 0.356. The molecule has 0 bridgehead atoms. The van der Waals surface area contributed by atoms with Gasteiger partial charge in [-0.25, -0.2) is 0 Å². The number of cyclic esters (lactones) is 2. The van der Waals surface area contributed by atoms with E-state index < -0.39 is 33.2 Å². The molecule has 1 aliphatic rings. The van der Waals surface area contributed by atoms with E-state index in [0.717, 1.165) is 0 Å². The van der Waals surface area contributed by atoms with E-state index in [1.165, 1.54) is 6.92 Å². The maximum absolute atomic E-state index is 11.0. The molecule has 1 heterocycles. The zero-order valence-corrected chi connectivity index (χ0v) is 8.99. The minimum atomic E-state index is -4.06. The lowest BCUT2D eigenvalue weighted by Gasteiger charge is -2.08. The number of carbonyl (C=O) groups is 2. The van der Waals surface area contributed by atoms with Crippen LogP contribution in [0.25, 0.3) is 0 Å². The molecule has 0 aliphatic carbocycles. The Balaban J connectivity index is 2.45. The molecule has 0 aromatic rings. The highest BCUT2D eigenvalue weighted by Gasteiger charge is 2.34. The maximum atomic E-state index is 11.0. The van der Waals surface area contributed by atoms with E-state index in [0.29, 0.717) is 0 Å². The molecular formula is C8H12O6S. The van der Waals surface area contributed by atoms with E-state index in [1.54, 1.807) is 0 Å². The fourth-order valence-electron chi connectivity index (χ4n) is 1.33. The predicted octanol–water partition coefficient (Wildman–Crippen LogP) is 0.133. The van der Waals surface area contributed by atoms with Gasteiger partial charge in [-0.05, 0) is 19.8 Å². The minimum Gasteiger partial charge on any atom is -0.393 e. The zero-order chi connectivity index (χ0) is 11.6.